The van der Waals surface area contributed by atoms with Gasteiger partial charge in [0.25, 0.3) is 0 Å². The maximum absolute atomic E-state index is 10.9. The topological polar surface area (TPSA) is 62.7 Å². The number of aliphatic carboxylic acids is 1. The molecule has 1 aliphatic heterocycles. The van der Waals surface area contributed by atoms with E-state index in [2.05, 4.69) is 24.1 Å². The fraction of sp³-hybridized carbons (Fsp3) is 0.733. The molecule has 1 saturated carbocycles. The summed E-state index contributed by atoms with van der Waals surface area (Å²) in [6.07, 6.45) is 2.39. The number of hydrogen-bond donors (Lipinski definition) is 1. The molecule has 0 amide bonds. The zero-order valence-corrected chi connectivity index (χ0v) is 13.4. The van der Waals surface area contributed by atoms with Gasteiger partial charge < -0.3 is 9.84 Å². The van der Waals surface area contributed by atoms with Crippen LogP contribution in [0.3, 0.4) is 0 Å². The summed E-state index contributed by atoms with van der Waals surface area (Å²) in [6.45, 7) is 6.27. The Kier molecular flexibility index (Phi) is 4.03. The molecule has 1 aromatic heterocycles. The van der Waals surface area contributed by atoms with E-state index < -0.39 is 5.97 Å². The number of rotatable bonds is 5. The van der Waals surface area contributed by atoms with Crippen LogP contribution in [-0.2, 0) is 16.1 Å². The number of thiazole rings is 1. The van der Waals surface area contributed by atoms with Gasteiger partial charge in [-0.25, -0.2) is 4.98 Å². The molecule has 0 spiro atoms. The van der Waals surface area contributed by atoms with Crippen LogP contribution in [-0.4, -0.2) is 45.8 Å². The van der Waals surface area contributed by atoms with E-state index >= 15 is 0 Å². The first-order valence-corrected chi connectivity index (χ1v) is 8.35. The quantitative estimate of drug-likeness (QED) is 0.905. The molecule has 21 heavy (non-hydrogen) atoms. The van der Waals surface area contributed by atoms with Crippen LogP contribution in [0, 0.1) is 0 Å². The Morgan fingerprint density at radius 2 is 2.33 bits per heavy atom. The Morgan fingerprint density at radius 1 is 1.57 bits per heavy atom. The van der Waals surface area contributed by atoms with E-state index in [1.165, 1.54) is 18.5 Å². The van der Waals surface area contributed by atoms with E-state index in [1.807, 2.05) is 0 Å². The van der Waals surface area contributed by atoms with Crippen molar-refractivity contribution in [3.8, 4) is 0 Å². The molecule has 2 aliphatic rings. The third-order valence-electron chi connectivity index (χ3n) is 4.25. The lowest BCUT2D eigenvalue weighted by atomic mass is 10.00. The average molecular weight is 310 g/mol. The van der Waals surface area contributed by atoms with Crippen LogP contribution >= 0.6 is 11.3 Å². The summed E-state index contributed by atoms with van der Waals surface area (Å²) >= 11 is 1.72. The smallest absolute Gasteiger partial charge is 0.306 e. The van der Waals surface area contributed by atoms with Crippen molar-refractivity contribution in [2.75, 3.05) is 13.2 Å². The van der Waals surface area contributed by atoms with Gasteiger partial charge in [-0.2, -0.15) is 0 Å². The molecule has 0 aromatic carbocycles. The minimum Gasteiger partial charge on any atom is -0.481 e. The molecular formula is C15H22N2O3S. The minimum atomic E-state index is -0.801. The maximum Gasteiger partial charge on any atom is 0.306 e. The van der Waals surface area contributed by atoms with Gasteiger partial charge in [0.1, 0.15) is 5.01 Å². The number of ether oxygens (including phenoxy) is 1. The van der Waals surface area contributed by atoms with Crippen molar-refractivity contribution in [2.45, 2.75) is 57.2 Å². The minimum absolute atomic E-state index is 0.0672. The molecule has 1 N–H and O–H groups in total. The van der Waals surface area contributed by atoms with Gasteiger partial charge in [-0.05, 0) is 26.7 Å². The Labute approximate surface area is 128 Å². The highest BCUT2D eigenvalue weighted by Crippen LogP contribution is 2.40. The largest absolute Gasteiger partial charge is 0.481 e. The second-order valence-corrected chi connectivity index (χ2v) is 7.61. The molecule has 1 unspecified atom stereocenters. The van der Waals surface area contributed by atoms with Crippen LogP contribution < -0.4 is 0 Å². The van der Waals surface area contributed by atoms with Crippen LogP contribution in [0.5, 0.6) is 0 Å². The van der Waals surface area contributed by atoms with Crippen LogP contribution in [0.2, 0.25) is 0 Å². The molecule has 1 saturated heterocycles. The van der Waals surface area contributed by atoms with Crippen molar-refractivity contribution in [1.82, 2.24) is 9.88 Å². The number of carbonyl (C=O) groups is 1. The number of carboxylic acids is 1. The van der Waals surface area contributed by atoms with Crippen molar-refractivity contribution in [3.63, 3.8) is 0 Å². The standard InChI is InChI=1S/C15H22N2O3S/c1-15(2)9-20-11(5-14(18)19)6-17(15)7-13-16-12(8-21-13)10-3-4-10/h8,10-11H,3-7,9H2,1-2H3,(H,18,19). The fourth-order valence-electron chi connectivity index (χ4n) is 2.68. The highest BCUT2D eigenvalue weighted by Gasteiger charge is 2.36. The summed E-state index contributed by atoms with van der Waals surface area (Å²) in [5, 5.41) is 12.2. The summed E-state index contributed by atoms with van der Waals surface area (Å²) in [6, 6.07) is 0. The third kappa shape index (κ3) is 3.62. The molecule has 5 nitrogen and oxygen atoms in total. The predicted octanol–water partition coefficient (Wildman–Crippen LogP) is 2.47. The van der Waals surface area contributed by atoms with Crippen LogP contribution in [0.4, 0.5) is 0 Å². The average Bonchev–Trinajstić information content (AvgIpc) is 3.14. The summed E-state index contributed by atoms with van der Waals surface area (Å²) in [7, 11) is 0. The van der Waals surface area contributed by atoms with Gasteiger partial charge >= 0.3 is 5.97 Å². The molecule has 2 fully saturated rings. The van der Waals surface area contributed by atoms with E-state index in [0.717, 1.165) is 11.6 Å². The number of aromatic nitrogens is 1. The number of nitrogens with zero attached hydrogens (tertiary/aromatic N) is 2. The Balaban J connectivity index is 1.66. The first-order valence-electron chi connectivity index (χ1n) is 7.47. The van der Waals surface area contributed by atoms with E-state index in [4.69, 9.17) is 14.8 Å². The predicted molar refractivity (Wildman–Crippen MR) is 80.6 cm³/mol. The van der Waals surface area contributed by atoms with E-state index in [0.29, 0.717) is 19.1 Å². The molecule has 1 atom stereocenters. The molecule has 116 valence electrons. The molecule has 2 heterocycles. The van der Waals surface area contributed by atoms with Crippen LogP contribution in [0.1, 0.15) is 49.7 Å². The lowest BCUT2D eigenvalue weighted by Crippen LogP contribution is -2.55. The molecular weight excluding hydrogens is 288 g/mol. The number of carboxylic acid groups (broad SMARTS) is 1. The van der Waals surface area contributed by atoms with E-state index in [9.17, 15) is 4.79 Å². The van der Waals surface area contributed by atoms with E-state index in [-0.39, 0.29) is 18.1 Å². The summed E-state index contributed by atoms with van der Waals surface area (Å²) in [5.41, 5.74) is 1.16. The van der Waals surface area contributed by atoms with Crippen LogP contribution in [0.15, 0.2) is 5.38 Å². The Morgan fingerprint density at radius 3 is 3.00 bits per heavy atom. The third-order valence-corrected chi connectivity index (χ3v) is 5.10. The van der Waals surface area contributed by atoms with Gasteiger partial charge in [0, 0.05) is 23.4 Å². The second kappa shape index (κ2) is 5.66. The van der Waals surface area contributed by atoms with Crippen molar-refractivity contribution in [3.05, 3.63) is 16.1 Å². The second-order valence-electron chi connectivity index (χ2n) is 6.66. The zero-order valence-electron chi connectivity index (χ0n) is 12.5. The first-order chi connectivity index (χ1) is 9.94. The molecule has 1 aliphatic carbocycles. The van der Waals surface area contributed by atoms with Crippen molar-refractivity contribution >= 4 is 17.3 Å². The summed E-state index contributed by atoms with van der Waals surface area (Å²) in [4.78, 5) is 17.9. The molecule has 3 rings (SSSR count). The van der Waals surface area contributed by atoms with Crippen molar-refractivity contribution in [2.24, 2.45) is 0 Å². The summed E-state index contributed by atoms with van der Waals surface area (Å²) in [5.74, 6) is -0.114. The van der Waals surface area contributed by atoms with Gasteiger partial charge in [0.15, 0.2) is 0 Å². The molecule has 1 aromatic rings. The maximum atomic E-state index is 10.9. The highest BCUT2D eigenvalue weighted by atomic mass is 32.1. The van der Waals surface area contributed by atoms with Gasteiger partial charge in [0.2, 0.25) is 0 Å². The van der Waals surface area contributed by atoms with Crippen molar-refractivity contribution in [1.29, 1.82) is 0 Å². The lowest BCUT2D eigenvalue weighted by molar-refractivity contribution is -0.147. The van der Waals surface area contributed by atoms with E-state index in [1.54, 1.807) is 11.3 Å². The fourth-order valence-corrected chi connectivity index (χ4v) is 3.57. The lowest BCUT2D eigenvalue weighted by Gasteiger charge is -2.44. The summed E-state index contributed by atoms with van der Waals surface area (Å²) < 4.78 is 5.69. The molecule has 6 heteroatoms. The Bertz CT molecular complexity index is 525. The van der Waals surface area contributed by atoms with Gasteiger partial charge in [0.05, 0.1) is 31.4 Å². The van der Waals surface area contributed by atoms with Crippen LogP contribution in [0.25, 0.3) is 0 Å². The Hall–Kier alpha value is -0.980. The van der Waals surface area contributed by atoms with Crippen molar-refractivity contribution < 1.29 is 14.6 Å². The SMILES string of the molecule is CC1(C)COC(CC(=O)O)CN1Cc1nc(C2CC2)cs1. The zero-order chi connectivity index (χ0) is 15.0. The van der Waals surface area contributed by atoms with Gasteiger partial charge in [-0.3, -0.25) is 9.69 Å². The highest BCUT2D eigenvalue weighted by molar-refractivity contribution is 7.09. The molecule has 0 bridgehead atoms. The first kappa shape index (κ1) is 14.9. The number of morpholine rings is 1. The monoisotopic (exact) mass is 310 g/mol. The van der Waals surface area contributed by atoms with Gasteiger partial charge in [-0.15, -0.1) is 11.3 Å². The normalized spacial score (nSPS) is 25.9. The number of hydrogen-bond acceptors (Lipinski definition) is 5. The molecule has 0 radical (unpaired) electrons. The van der Waals surface area contributed by atoms with Gasteiger partial charge in [-0.1, -0.05) is 0 Å².